The van der Waals surface area contributed by atoms with Crippen LogP contribution in [0, 0.1) is 0 Å². The molecule has 5 rings (SSSR count). The molecule has 3 amide bonds. The molecule has 5 aromatic rings. The molecule has 3 unspecified atom stereocenters. The number of H-pyrrole nitrogens is 3. The second kappa shape index (κ2) is 13.0. The smallest absolute Gasteiger partial charge is 0.322 e. The van der Waals surface area contributed by atoms with Crippen molar-refractivity contribution in [2.45, 2.75) is 37.4 Å². The van der Waals surface area contributed by atoms with E-state index in [1.54, 1.807) is 6.20 Å². The first-order valence-electron chi connectivity index (χ1n) is 13.7. The molecule has 9 N–H and O–H groups in total. The van der Waals surface area contributed by atoms with Gasteiger partial charge >= 0.3 is 5.97 Å². The van der Waals surface area contributed by atoms with E-state index in [0.29, 0.717) is 5.69 Å². The molecule has 13 heteroatoms. The van der Waals surface area contributed by atoms with E-state index in [1.807, 2.05) is 54.7 Å². The molecule has 0 fully saturated rings. The Morgan fingerprint density at radius 1 is 0.767 bits per heavy atom. The highest BCUT2D eigenvalue weighted by atomic mass is 16.4. The third-order valence-electron chi connectivity index (χ3n) is 7.21. The Kier molecular flexibility index (Phi) is 8.82. The summed E-state index contributed by atoms with van der Waals surface area (Å²) in [5.74, 6) is -3.09. The summed E-state index contributed by atoms with van der Waals surface area (Å²) in [5.41, 5.74) is 10.3. The van der Waals surface area contributed by atoms with Crippen LogP contribution >= 0.6 is 0 Å². The van der Waals surface area contributed by atoms with Crippen molar-refractivity contribution >= 4 is 45.5 Å². The molecule has 3 atom stereocenters. The number of fused-ring (bicyclic) bond motifs is 2. The number of aliphatic carboxylic acids is 1. The minimum absolute atomic E-state index is 0.0189. The van der Waals surface area contributed by atoms with Crippen LogP contribution in [0.2, 0.25) is 0 Å². The highest BCUT2D eigenvalue weighted by Gasteiger charge is 2.30. The second-order valence-corrected chi connectivity index (χ2v) is 10.2. The molecule has 3 aromatic heterocycles. The standard InChI is InChI=1S/C30H32N8O5/c31-22(9-17-12-33-23-7-3-1-5-20(17)23)28(41)37-25(10-18-13-34-24-8-4-2-6-21(18)24)30(43)38-26(11-19-14-32-16-36-19)29(42)35-15-27(39)40/h1-8,12-14,16,22,25-26,33-34H,9-11,15,31H2,(H,32,36)(H,35,42)(H,37,41)(H,38,43)(H,39,40). The van der Waals surface area contributed by atoms with Crippen LogP contribution < -0.4 is 21.7 Å². The minimum Gasteiger partial charge on any atom is -0.480 e. The molecule has 0 aliphatic heterocycles. The first kappa shape index (κ1) is 29.1. The number of nitrogens with one attached hydrogen (secondary N) is 6. The fraction of sp³-hybridized carbons (Fsp3) is 0.233. The molecule has 0 aliphatic carbocycles. The van der Waals surface area contributed by atoms with Crippen molar-refractivity contribution in [3.8, 4) is 0 Å². The number of aromatic nitrogens is 4. The number of carbonyl (C=O) groups is 4. The maximum absolute atomic E-state index is 13.7. The zero-order valence-electron chi connectivity index (χ0n) is 23.1. The van der Waals surface area contributed by atoms with Crippen LogP contribution in [-0.2, 0) is 38.4 Å². The summed E-state index contributed by atoms with van der Waals surface area (Å²) in [5, 5.41) is 18.6. The van der Waals surface area contributed by atoms with E-state index in [2.05, 4.69) is 35.9 Å². The van der Waals surface area contributed by atoms with Gasteiger partial charge in [-0.2, -0.15) is 0 Å². The Labute approximate surface area is 245 Å². The molecule has 0 saturated heterocycles. The molecule has 3 heterocycles. The molecule has 222 valence electrons. The number of carboxylic acid groups (broad SMARTS) is 1. The third-order valence-corrected chi connectivity index (χ3v) is 7.21. The monoisotopic (exact) mass is 584 g/mol. The fourth-order valence-electron chi connectivity index (χ4n) is 5.02. The number of benzene rings is 2. The Morgan fingerprint density at radius 2 is 1.35 bits per heavy atom. The van der Waals surface area contributed by atoms with Gasteiger partial charge < -0.3 is 41.7 Å². The lowest BCUT2D eigenvalue weighted by Gasteiger charge is -2.24. The number of rotatable bonds is 13. The Balaban J connectivity index is 1.36. The molecule has 0 radical (unpaired) electrons. The number of aromatic amines is 3. The van der Waals surface area contributed by atoms with Gasteiger partial charge in [0.1, 0.15) is 18.6 Å². The van der Waals surface area contributed by atoms with Crippen LogP contribution in [0.5, 0.6) is 0 Å². The van der Waals surface area contributed by atoms with E-state index < -0.39 is 48.4 Å². The van der Waals surface area contributed by atoms with Crippen molar-refractivity contribution in [3.63, 3.8) is 0 Å². The van der Waals surface area contributed by atoms with Gasteiger partial charge in [-0.05, 0) is 29.7 Å². The van der Waals surface area contributed by atoms with Crippen LogP contribution in [0.25, 0.3) is 21.8 Å². The largest absolute Gasteiger partial charge is 0.480 e. The summed E-state index contributed by atoms with van der Waals surface area (Å²) in [7, 11) is 0. The molecular weight excluding hydrogens is 552 g/mol. The number of carbonyl (C=O) groups excluding carboxylic acids is 3. The fourth-order valence-corrected chi connectivity index (χ4v) is 5.02. The Hall–Kier alpha value is -5.43. The van der Waals surface area contributed by atoms with E-state index in [9.17, 15) is 19.2 Å². The number of nitrogens with two attached hydrogens (primary N) is 1. The van der Waals surface area contributed by atoms with Crippen molar-refractivity contribution in [1.82, 2.24) is 35.9 Å². The lowest BCUT2D eigenvalue weighted by atomic mass is 10.0. The number of para-hydroxylation sites is 2. The van der Waals surface area contributed by atoms with Crippen molar-refractivity contribution in [1.29, 1.82) is 0 Å². The van der Waals surface area contributed by atoms with Crippen molar-refractivity contribution < 1.29 is 24.3 Å². The third kappa shape index (κ3) is 7.08. The van der Waals surface area contributed by atoms with Gasteiger partial charge in [0, 0.05) is 58.9 Å². The molecule has 0 bridgehead atoms. The highest BCUT2D eigenvalue weighted by Crippen LogP contribution is 2.21. The summed E-state index contributed by atoms with van der Waals surface area (Å²) in [4.78, 5) is 64.2. The van der Waals surface area contributed by atoms with E-state index >= 15 is 0 Å². The summed E-state index contributed by atoms with van der Waals surface area (Å²) >= 11 is 0. The molecular formula is C30H32N8O5. The van der Waals surface area contributed by atoms with Gasteiger partial charge in [0.05, 0.1) is 12.4 Å². The number of imidazole rings is 1. The van der Waals surface area contributed by atoms with Crippen LogP contribution in [0.4, 0.5) is 0 Å². The van der Waals surface area contributed by atoms with Gasteiger partial charge in [-0.3, -0.25) is 19.2 Å². The predicted octanol–water partition coefficient (Wildman–Crippen LogP) is 0.898. The van der Waals surface area contributed by atoms with Gasteiger partial charge in [0.15, 0.2) is 0 Å². The maximum atomic E-state index is 13.7. The molecule has 43 heavy (non-hydrogen) atoms. The number of amides is 3. The van der Waals surface area contributed by atoms with E-state index in [1.165, 1.54) is 12.5 Å². The van der Waals surface area contributed by atoms with Gasteiger partial charge in [-0.15, -0.1) is 0 Å². The van der Waals surface area contributed by atoms with Gasteiger partial charge in [-0.1, -0.05) is 36.4 Å². The minimum atomic E-state index is -1.23. The van der Waals surface area contributed by atoms with Crippen LogP contribution in [0.15, 0.2) is 73.4 Å². The summed E-state index contributed by atoms with van der Waals surface area (Å²) in [6.45, 7) is -0.619. The van der Waals surface area contributed by atoms with Crippen molar-refractivity contribution in [3.05, 3.63) is 90.3 Å². The number of carboxylic acids is 1. The second-order valence-electron chi connectivity index (χ2n) is 10.2. The first-order chi connectivity index (χ1) is 20.8. The number of nitrogens with zero attached hydrogens (tertiary/aromatic N) is 1. The number of hydrogen-bond acceptors (Lipinski definition) is 6. The average molecular weight is 585 g/mol. The summed E-state index contributed by atoms with van der Waals surface area (Å²) in [6, 6.07) is 12.0. The molecule has 0 saturated carbocycles. The summed E-state index contributed by atoms with van der Waals surface area (Å²) in [6.07, 6.45) is 6.86. The van der Waals surface area contributed by atoms with E-state index in [-0.39, 0.29) is 19.3 Å². The highest BCUT2D eigenvalue weighted by molar-refractivity contribution is 5.95. The molecule has 0 spiro atoms. The number of hydrogen-bond donors (Lipinski definition) is 8. The van der Waals surface area contributed by atoms with Crippen LogP contribution in [0.3, 0.4) is 0 Å². The SMILES string of the molecule is NC(Cc1c[nH]c2ccccc12)C(=O)NC(Cc1c[nH]c2ccccc12)C(=O)NC(Cc1cnc[nH]1)C(=O)NCC(=O)O. The van der Waals surface area contributed by atoms with Crippen molar-refractivity contribution in [2.75, 3.05) is 6.54 Å². The zero-order valence-corrected chi connectivity index (χ0v) is 23.1. The first-order valence-corrected chi connectivity index (χ1v) is 13.7. The topological polar surface area (TPSA) is 211 Å². The summed E-state index contributed by atoms with van der Waals surface area (Å²) < 4.78 is 0. The van der Waals surface area contributed by atoms with Crippen LogP contribution in [-0.4, -0.2) is 73.4 Å². The predicted molar refractivity (Wildman–Crippen MR) is 159 cm³/mol. The molecule has 0 aliphatic rings. The average Bonchev–Trinajstić information content (AvgIpc) is 3.76. The van der Waals surface area contributed by atoms with Gasteiger partial charge in [-0.25, -0.2) is 4.98 Å². The quantitative estimate of drug-likeness (QED) is 0.100. The van der Waals surface area contributed by atoms with Gasteiger partial charge in [0.25, 0.3) is 0 Å². The molecule has 2 aromatic carbocycles. The van der Waals surface area contributed by atoms with Crippen molar-refractivity contribution in [2.24, 2.45) is 5.73 Å². The van der Waals surface area contributed by atoms with Gasteiger partial charge in [0.2, 0.25) is 17.7 Å². The maximum Gasteiger partial charge on any atom is 0.322 e. The van der Waals surface area contributed by atoms with Crippen LogP contribution in [0.1, 0.15) is 16.8 Å². The lowest BCUT2D eigenvalue weighted by molar-refractivity contribution is -0.138. The Bertz CT molecular complexity index is 1740. The van der Waals surface area contributed by atoms with E-state index in [0.717, 1.165) is 32.9 Å². The lowest BCUT2D eigenvalue weighted by Crippen LogP contribution is -2.57. The molecule has 13 nitrogen and oxygen atoms in total. The van der Waals surface area contributed by atoms with E-state index in [4.69, 9.17) is 10.8 Å². The Morgan fingerprint density at radius 3 is 1.95 bits per heavy atom. The normalized spacial score (nSPS) is 13.3. The zero-order chi connectivity index (χ0) is 30.3.